The molecule has 0 aromatic carbocycles. The van der Waals surface area contributed by atoms with Crippen molar-refractivity contribution in [1.29, 1.82) is 0 Å². The van der Waals surface area contributed by atoms with Crippen LogP contribution >= 0.6 is 11.3 Å². The third-order valence-electron chi connectivity index (χ3n) is 5.75. The van der Waals surface area contributed by atoms with Crippen molar-refractivity contribution in [3.63, 3.8) is 0 Å². The number of primary amides is 1. The van der Waals surface area contributed by atoms with E-state index < -0.39 is 0 Å². The number of hydrogen-bond acceptors (Lipinski definition) is 5. The Hall–Kier alpha value is -1.93. The summed E-state index contributed by atoms with van der Waals surface area (Å²) in [5.41, 5.74) is 7.00. The van der Waals surface area contributed by atoms with Gasteiger partial charge in [0.1, 0.15) is 0 Å². The van der Waals surface area contributed by atoms with E-state index in [1.807, 2.05) is 20.9 Å². The number of rotatable bonds is 4. The van der Waals surface area contributed by atoms with Crippen molar-refractivity contribution in [2.75, 3.05) is 19.6 Å². The van der Waals surface area contributed by atoms with E-state index in [0.29, 0.717) is 12.2 Å². The Morgan fingerprint density at radius 1 is 1.11 bits per heavy atom. The minimum Gasteiger partial charge on any atom is -0.368 e. The van der Waals surface area contributed by atoms with Crippen molar-refractivity contribution in [2.24, 2.45) is 5.73 Å². The number of imidazole rings is 1. The van der Waals surface area contributed by atoms with Crippen LogP contribution in [0.5, 0.6) is 0 Å². The Morgan fingerprint density at radius 3 is 2.59 bits per heavy atom. The lowest BCUT2D eigenvalue weighted by molar-refractivity contribution is -0.122. The highest BCUT2D eigenvalue weighted by molar-refractivity contribution is 7.15. The van der Waals surface area contributed by atoms with Gasteiger partial charge in [-0.2, -0.15) is 0 Å². The number of amides is 2. The van der Waals surface area contributed by atoms with Crippen LogP contribution < -0.4 is 5.73 Å². The molecule has 0 spiro atoms. The van der Waals surface area contributed by atoms with Crippen molar-refractivity contribution in [3.05, 3.63) is 23.0 Å². The maximum Gasteiger partial charge on any atom is 0.274 e. The Balaban J connectivity index is 1.62. The van der Waals surface area contributed by atoms with Crippen molar-refractivity contribution < 1.29 is 9.59 Å². The molecule has 8 heteroatoms. The van der Waals surface area contributed by atoms with Crippen LogP contribution in [-0.2, 0) is 11.3 Å². The van der Waals surface area contributed by atoms with Crippen LogP contribution in [0.25, 0.3) is 4.96 Å². The Bertz CT molecular complexity index is 821. The Kier molecular flexibility index (Phi) is 5.45. The molecule has 146 valence electrons. The third-order valence-corrected chi connectivity index (χ3v) is 6.51. The molecule has 2 N–H and O–H groups in total. The van der Waals surface area contributed by atoms with Crippen molar-refractivity contribution in [3.8, 4) is 0 Å². The van der Waals surface area contributed by atoms with E-state index in [2.05, 4.69) is 9.88 Å². The van der Waals surface area contributed by atoms with Gasteiger partial charge in [-0.1, -0.05) is 19.3 Å². The second-order valence-corrected chi connectivity index (χ2v) is 8.43. The fraction of sp³-hybridized carbons (Fsp3) is 0.632. The predicted molar refractivity (Wildman–Crippen MR) is 105 cm³/mol. The molecule has 0 aliphatic carbocycles. The molecule has 4 heterocycles. The number of likely N-dealkylation sites (tertiary alicyclic amines) is 2. The molecule has 2 amide bonds. The smallest absolute Gasteiger partial charge is 0.274 e. The van der Waals surface area contributed by atoms with Crippen LogP contribution in [0.15, 0.2) is 11.6 Å². The van der Waals surface area contributed by atoms with E-state index >= 15 is 0 Å². The molecule has 2 aromatic rings. The number of fused-ring (bicyclic) bond motifs is 1. The highest BCUT2D eigenvalue weighted by Gasteiger charge is 2.32. The largest absolute Gasteiger partial charge is 0.368 e. The minimum atomic E-state index is -0.282. The third kappa shape index (κ3) is 3.73. The number of aromatic nitrogens is 2. The highest BCUT2D eigenvalue weighted by atomic mass is 32.1. The van der Waals surface area contributed by atoms with Crippen LogP contribution in [-0.4, -0.2) is 56.7 Å². The number of nitrogens with zero attached hydrogens (tertiary/aromatic N) is 4. The van der Waals surface area contributed by atoms with Crippen molar-refractivity contribution in [2.45, 2.75) is 57.5 Å². The zero-order chi connectivity index (χ0) is 18.8. The minimum absolute atomic E-state index is 0.0256. The van der Waals surface area contributed by atoms with E-state index in [1.54, 1.807) is 0 Å². The molecule has 2 aromatic heterocycles. The van der Waals surface area contributed by atoms with Gasteiger partial charge in [-0.05, 0) is 32.2 Å². The van der Waals surface area contributed by atoms with Gasteiger partial charge in [0, 0.05) is 31.2 Å². The quantitative estimate of drug-likeness (QED) is 0.869. The average molecular weight is 390 g/mol. The summed E-state index contributed by atoms with van der Waals surface area (Å²) < 4.78 is 2.00. The van der Waals surface area contributed by atoms with E-state index in [4.69, 9.17) is 5.73 Å². The fourth-order valence-corrected chi connectivity index (χ4v) is 5.02. The molecular formula is C19H27N5O2S. The molecule has 27 heavy (non-hydrogen) atoms. The van der Waals surface area contributed by atoms with E-state index in [-0.39, 0.29) is 17.9 Å². The van der Waals surface area contributed by atoms with Gasteiger partial charge < -0.3 is 10.6 Å². The SMILES string of the molecule is NC(=O)[C@@H]1CCCN1Cc1c(C(=O)N2CCCCCCC2)nc2sccn12. The molecule has 2 fully saturated rings. The second-order valence-electron chi connectivity index (χ2n) is 7.55. The zero-order valence-electron chi connectivity index (χ0n) is 15.6. The van der Waals surface area contributed by atoms with E-state index in [9.17, 15) is 9.59 Å². The summed E-state index contributed by atoms with van der Waals surface area (Å²) in [4.78, 5) is 34.6. The van der Waals surface area contributed by atoms with Gasteiger partial charge in [0.2, 0.25) is 5.91 Å². The second kappa shape index (κ2) is 7.98. The first-order chi connectivity index (χ1) is 13.1. The predicted octanol–water partition coefficient (Wildman–Crippen LogP) is 2.25. The van der Waals surface area contributed by atoms with Gasteiger partial charge in [0.05, 0.1) is 11.7 Å². The molecule has 7 nitrogen and oxygen atoms in total. The summed E-state index contributed by atoms with van der Waals surface area (Å²) in [6, 6.07) is -0.251. The zero-order valence-corrected chi connectivity index (χ0v) is 16.4. The van der Waals surface area contributed by atoms with Gasteiger partial charge in [0.15, 0.2) is 10.7 Å². The highest BCUT2D eigenvalue weighted by Crippen LogP contribution is 2.25. The van der Waals surface area contributed by atoms with Crippen LogP contribution in [0.3, 0.4) is 0 Å². The summed E-state index contributed by atoms with van der Waals surface area (Å²) in [5.74, 6) is -0.257. The van der Waals surface area contributed by atoms with Gasteiger partial charge in [-0.25, -0.2) is 4.98 Å². The summed E-state index contributed by atoms with van der Waals surface area (Å²) >= 11 is 1.53. The molecule has 0 bridgehead atoms. The Morgan fingerprint density at radius 2 is 1.85 bits per heavy atom. The van der Waals surface area contributed by atoms with Crippen LogP contribution in [0.2, 0.25) is 0 Å². The molecule has 2 aliphatic heterocycles. The molecule has 2 saturated heterocycles. The van der Waals surface area contributed by atoms with Crippen molar-refractivity contribution >= 4 is 28.1 Å². The van der Waals surface area contributed by atoms with Crippen LogP contribution in [0, 0.1) is 0 Å². The summed E-state index contributed by atoms with van der Waals surface area (Å²) in [6.45, 7) is 2.96. The summed E-state index contributed by atoms with van der Waals surface area (Å²) in [6.07, 6.45) is 9.44. The maximum atomic E-state index is 13.3. The number of hydrogen-bond donors (Lipinski definition) is 1. The first-order valence-electron chi connectivity index (χ1n) is 9.92. The van der Waals surface area contributed by atoms with Gasteiger partial charge in [-0.15, -0.1) is 11.3 Å². The molecule has 1 atom stereocenters. The van der Waals surface area contributed by atoms with E-state index in [0.717, 1.165) is 56.0 Å². The lowest BCUT2D eigenvalue weighted by Gasteiger charge is -2.25. The maximum absolute atomic E-state index is 13.3. The lowest BCUT2D eigenvalue weighted by Crippen LogP contribution is -2.40. The summed E-state index contributed by atoms with van der Waals surface area (Å²) in [5, 5.41) is 1.98. The summed E-state index contributed by atoms with van der Waals surface area (Å²) in [7, 11) is 0. The van der Waals surface area contributed by atoms with Crippen molar-refractivity contribution in [1.82, 2.24) is 19.2 Å². The van der Waals surface area contributed by atoms with Crippen LogP contribution in [0.4, 0.5) is 0 Å². The number of carbonyl (C=O) groups is 2. The standard InChI is InChI=1S/C19H27N5O2S/c20-17(25)14-7-6-10-23(14)13-15-16(21-19-24(15)11-12-27-19)18(26)22-8-4-2-1-3-5-9-22/h11-12,14H,1-10,13H2,(H2,20,25)/t14-/m0/s1. The molecular weight excluding hydrogens is 362 g/mol. The molecule has 2 aliphatic rings. The number of thiazole rings is 1. The van der Waals surface area contributed by atoms with Gasteiger partial charge in [-0.3, -0.25) is 18.9 Å². The topological polar surface area (TPSA) is 83.9 Å². The van der Waals surface area contributed by atoms with Gasteiger partial charge in [0.25, 0.3) is 5.91 Å². The Labute approximate surface area is 163 Å². The molecule has 0 unspecified atom stereocenters. The first-order valence-corrected chi connectivity index (χ1v) is 10.8. The first kappa shape index (κ1) is 18.4. The number of carbonyl (C=O) groups excluding carboxylic acids is 2. The molecule has 0 radical (unpaired) electrons. The van der Waals surface area contributed by atoms with E-state index in [1.165, 1.54) is 30.6 Å². The average Bonchev–Trinajstić information content (AvgIpc) is 3.31. The van der Waals surface area contributed by atoms with Crippen LogP contribution in [0.1, 0.15) is 61.1 Å². The normalized spacial score (nSPS) is 22.1. The molecule has 0 saturated carbocycles. The molecule has 4 rings (SSSR count). The fourth-order valence-electron chi connectivity index (χ4n) is 4.29. The lowest BCUT2D eigenvalue weighted by atomic mass is 10.1. The number of nitrogens with two attached hydrogens (primary N) is 1. The monoisotopic (exact) mass is 389 g/mol. The van der Waals surface area contributed by atoms with Gasteiger partial charge >= 0.3 is 0 Å².